The maximum absolute atomic E-state index is 10.7. The number of carbonyl (C=O) groups is 1. The molecule has 0 radical (unpaired) electrons. The number of nitrogens with one attached hydrogen (secondary N) is 1. The monoisotopic (exact) mass is 185 g/mol. The number of aliphatic carboxylic acids is 1. The first-order chi connectivity index (χ1) is 6.16. The van der Waals surface area contributed by atoms with Crippen LogP contribution in [0.15, 0.2) is 0 Å². The lowest BCUT2D eigenvalue weighted by molar-refractivity contribution is -0.146. The van der Waals surface area contributed by atoms with E-state index in [-0.39, 0.29) is 18.1 Å². The van der Waals surface area contributed by atoms with Gasteiger partial charge in [0.15, 0.2) is 0 Å². The zero-order valence-electron chi connectivity index (χ0n) is 7.44. The van der Waals surface area contributed by atoms with E-state index in [9.17, 15) is 4.79 Å². The summed E-state index contributed by atoms with van der Waals surface area (Å²) in [4.78, 5) is 10.7. The highest BCUT2D eigenvalue weighted by Gasteiger charge is 2.39. The van der Waals surface area contributed by atoms with Crippen LogP contribution >= 0.6 is 0 Å². The number of aliphatic hydroxyl groups is 1. The maximum Gasteiger partial charge on any atom is 0.308 e. The minimum atomic E-state index is -0.691. The van der Waals surface area contributed by atoms with Gasteiger partial charge in [0.25, 0.3) is 0 Å². The van der Waals surface area contributed by atoms with Gasteiger partial charge in [-0.25, -0.2) is 0 Å². The average Bonchev–Trinajstić information content (AvgIpc) is 1.91. The van der Waals surface area contributed by atoms with Crippen molar-refractivity contribution >= 4 is 5.97 Å². The standard InChI is InChI=1S/C9H15NO3/c11-6-3-5(4-6)10-8-2-1-7(8)9(12)13/h5-8,10-11H,1-4H2,(H,12,13). The molecule has 0 aromatic heterocycles. The number of hydrogen-bond acceptors (Lipinski definition) is 3. The largest absolute Gasteiger partial charge is 0.481 e. The second-order valence-electron chi connectivity index (χ2n) is 4.12. The van der Waals surface area contributed by atoms with E-state index in [0.717, 1.165) is 25.7 Å². The van der Waals surface area contributed by atoms with Crippen LogP contribution in [0.4, 0.5) is 0 Å². The number of hydrogen-bond donors (Lipinski definition) is 3. The normalized spacial score (nSPS) is 43.5. The molecule has 2 aliphatic carbocycles. The fourth-order valence-corrected chi connectivity index (χ4v) is 2.02. The Morgan fingerprint density at radius 2 is 2.00 bits per heavy atom. The zero-order valence-corrected chi connectivity index (χ0v) is 7.44. The van der Waals surface area contributed by atoms with Gasteiger partial charge >= 0.3 is 5.97 Å². The predicted molar refractivity (Wildman–Crippen MR) is 46.3 cm³/mol. The molecular weight excluding hydrogens is 170 g/mol. The Morgan fingerprint density at radius 1 is 1.31 bits per heavy atom. The quantitative estimate of drug-likeness (QED) is 0.577. The Hall–Kier alpha value is -0.610. The molecule has 0 heterocycles. The Morgan fingerprint density at radius 3 is 2.38 bits per heavy atom. The van der Waals surface area contributed by atoms with Crippen LogP contribution in [0.1, 0.15) is 25.7 Å². The van der Waals surface area contributed by atoms with Gasteiger partial charge in [-0.3, -0.25) is 4.79 Å². The molecule has 2 saturated carbocycles. The lowest BCUT2D eigenvalue weighted by Gasteiger charge is -2.41. The van der Waals surface area contributed by atoms with Crippen LogP contribution in [0.25, 0.3) is 0 Å². The fraction of sp³-hybridized carbons (Fsp3) is 0.889. The molecule has 2 rings (SSSR count). The van der Waals surface area contributed by atoms with E-state index < -0.39 is 5.97 Å². The van der Waals surface area contributed by atoms with Crippen LogP contribution in [0.5, 0.6) is 0 Å². The van der Waals surface area contributed by atoms with Crippen LogP contribution in [0.3, 0.4) is 0 Å². The van der Waals surface area contributed by atoms with Gasteiger partial charge in [0.1, 0.15) is 0 Å². The summed E-state index contributed by atoms with van der Waals surface area (Å²) in [5, 5.41) is 21.1. The van der Waals surface area contributed by atoms with Crippen molar-refractivity contribution in [2.24, 2.45) is 5.92 Å². The van der Waals surface area contributed by atoms with Crippen molar-refractivity contribution in [3.05, 3.63) is 0 Å². The minimum absolute atomic E-state index is 0.148. The van der Waals surface area contributed by atoms with Gasteiger partial charge in [-0.15, -0.1) is 0 Å². The molecule has 0 spiro atoms. The summed E-state index contributed by atoms with van der Waals surface area (Å²) in [5.74, 6) is -0.888. The average molecular weight is 185 g/mol. The van der Waals surface area contributed by atoms with Crippen molar-refractivity contribution in [1.29, 1.82) is 0 Å². The zero-order chi connectivity index (χ0) is 9.42. The van der Waals surface area contributed by atoms with Crippen molar-refractivity contribution in [3.63, 3.8) is 0 Å². The second kappa shape index (κ2) is 3.27. The van der Waals surface area contributed by atoms with E-state index in [1.165, 1.54) is 0 Å². The van der Waals surface area contributed by atoms with Crippen LogP contribution in [-0.2, 0) is 4.79 Å². The molecule has 3 N–H and O–H groups in total. The van der Waals surface area contributed by atoms with E-state index in [2.05, 4.69) is 5.32 Å². The van der Waals surface area contributed by atoms with Gasteiger partial charge in [0, 0.05) is 12.1 Å². The Bertz CT molecular complexity index is 213. The lowest BCUT2D eigenvalue weighted by atomic mass is 9.77. The van der Waals surface area contributed by atoms with Gasteiger partial charge in [0.05, 0.1) is 12.0 Å². The number of aliphatic hydroxyl groups excluding tert-OH is 1. The summed E-state index contributed by atoms with van der Waals surface area (Å²) < 4.78 is 0. The highest BCUT2D eigenvalue weighted by atomic mass is 16.4. The van der Waals surface area contributed by atoms with E-state index in [0.29, 0.717) is 6.04 Å². The molecule has 0 aliphatic heterocycles. The summed E-state index contributed by atoms with van der Waals surface area (Å²) in [6, 6.07) is 0.497. The van der Waals surface area contributed by atoms with E-state index >= 15 is 0 Å². The smallest absolute Gasteiger partial charge is 0.308 e. The molecule has 2 atom stereocenters. The third-order valence-electron chi connectivity index (χ3n) is 3.15. The van der Waals surface area contributed by atoms with Crippen molar-refractivity contribution in [2.45, 2.75) is 43.9 Å². The fourth-order valence-electron chi connectivity index (χ4n) is 2.02. The van der Waals surface area contributed by atoms with Crippen molar-refractivity contribution in [3.8, 4) is 0 Å². The molecule has 0 saturated heterocycles. The highest BCUT2D eigenvalue weighted by Crippen LogP contribution is 2.30. The summed E-state index contributed by atoms with van der Waals surface area (Å²) in [5.41, 5.74) is 0. The van der Waals surface area contributed by atoms with Crippen LogP contribution in [0.2, 0.25) is 0 Å². The lowest BCUT2D eigenvalue weighted by Crippen LogP contribution is -2.55. The first kappa shape index (κ1) is 8.97. The topological polar surface area (TPSA) is 69.6 Å². The Balaban J connectivity index is 1.73. The van der Waals surface area contributed by atoms with Gasteiger partial charge in [-0.1, -0.05) is 0 Å². The number of rotatable bonds is 3. The molecule has 0 amide bonds. The molecule has 13 heavy (non-hydrogen) atoms. The molecule has 0 aromatic rings. The van der Waals surface area contributed by atoms with Crippen molar-refractivity contribution < 1.29 is 15.0 Å². The van der Waals surface area contributed by atoms with Gasteiger partial charge in [-0.05, 0) is 25.7 Å². The minimum Gasteiger partial charge on any atom is -0.481 e. The third-order valence-corrected chi connectivity index (χ3v) is 3.15. The maximum atomic E-state index is 10.7. The number of carboxylic acid groups (broad SMARTS) is 1. The first-order valence-corrected chi connectivity index (χ1v) is 4.83. The second-order valence-corrected chi connectivity index (χ2v) is 4.12. The molecule has 74 valence electrons. The molecule has 2 unspecified atom stereocenters. The third kappa shape index (κ3) is 1.69. The molecular formula is C9H15NO3. The first-order valence-electron chi connectivity index (χ1n) is 4.83. The van der Waals surface area contributed by atoms with Gasteiger partial charge in [0.2, 0.25) is 0 Å². The van der Waals surface area contributed by atoms with Crippen molar-refractivity contribution in [2.75, 3.05) is 0 Å². The summed E-state index contributed by atoms with van der Waals surface area (Å²) in [6.45, 7) is 0. The molecule has 0 aromatic carbocycles. The van der Waals surface area contributed by atoms with Crippen molar-refractivity contribution in [1.82, 2.24) is 5.32 Å². The predicted octanol–water partition coefficient (Wildman–Crippen LogP) is -0.0375. The summed E-state index contributed by atoms with van der Waals surface area (Å²) in [6.07, 6.45) is 3.15. The van der Waals surface area contributed by atoms with Crippen LogP contribution < -0.4 is 5.32 Å². The van der Waals surface area contributed by atoms with Crippen LogP contribution in [-0.4, -0.2) is 34.4 Å². The number of carboxylic acids is 1. The van der Waals surface area contributed by atoms with E-state index in [1.54, 1.807) is 0 Å². The van der Waals surface area contributed by atoms with Crippen LogP contribution in [0, 0.1) is 5.92 Å². The Kier molecular flexibility index (Phi) is 2.26. The molecule has 4 nitrogen and oxygen atoms in total. The van der Waals surface area contributed by atoms with E-state index in [1.807, 2.05) is 0 Å². The summed E-state index contributed by atoms with van der Waals surface area (Å²) in [7, 11) is 0. The Labute approximate surface area is 76.9 Å². The summed E-state index contributed by atoms with van der Waals surface area (Å²) >= 11 is 0. The molecule has 0 bridgehead atoms. The van der Waals surface area contributed by atoms with E-state index in [4.69, 9.17) is 10.2 Å². The molecule has 2 fully saturated rings. The SMILES string of the molecule is O=C(O)C1CCC1NC1CC(O)C1. The van der Waals surface area contributed by atoms with Gasteiger partial charge in [-0.2, -0.15) is 0 Å². The van der Waals surface area contributed by atoms with Gasteiger partial charge < -0.3 is 15.5 Å². The molecule has 4 heteroatoms. The highest BCUT2D eigenvalue weighted by molar-refractivity contribution is 5.72. The molecule has 2 aliphatic rings.